The minimum absolute atomic E-state index is 0.280. The van der Waals surface area contributed by atoms with Crippen LogP contribution in [0.25, 0.3) is 11.1 Å². The molecule has 0 atom stereocenters. The molecular formula is C13H10BrClFN. The molecule has 2 N–H and O–H groups in total. The summed E-state index contributed by atoms with van der Waals surface area (Å²) in [6, 6.07) is 10.5. The molecule has 0 aromatic heterocycles. The highest BCUT2D eigenvalue weighted by Gasteiger charge is 2.09. The van der Waals surface area contributed by atoms with Gasteiger partial charge in [-0.3, -0.25) is 0 Å². The normalized spacial score (nSPS) is 10.6. The summed E-state index contributed by atoms with van der Waals surface area (Å²) in [5.74, 6) is -0.280. The van der Waals surface area contributed by atoms with E-state index in [0.717, 1.165) is 11.1 Å². The standard InChI is InChI=1S/C13H10BrClFN/c14-11-3-1-2-10(13(11)16)8-4-5-12(15)9(6-8)7-17/h1-6H,7,17H2. The maximum atomic E-state index is 13.9. The third kappa shape index (κ3) is 2.51. The van der Waals surface area contributed by atoms with Crippen LogP contribution in [0, 0.1) is 5.82 Å². The number of nitrogens with two attached hydrogens (primary N) is 1. The van der Waals surface area contributed by atoms with Gasteiger partial charge >= 0.3 is 0 Å². The lowest BCUT2D eigenvalue weighted by Gasteiger charge is -2.08. The van der Waals surface area contributed by atoms with E-state index in [-0.39, 0.29) is 5.82 Å². The summed E-state index contributed by atoms with van der Waals surface area (Å²) in [5, 5.41) is 0.603. The zero-order valence-electron chi connectivity index (χ0n) is 8.88. The van der Waals surface area contributed by atoms with Crippen molar-refractivity contribution in [2.24, 2.45) is 5.73 Å². The van der Waals surface area contributed by atoms with Gasteiger partial charge in [0.25, 0.3) is 0 Å². The second-order valence-corrected chi connectivity index (χ2v) is 4.87. The van der Waals surface area contributed by atoms with Crippen molar-refractivity contribution in [3.8, 4) is 11.1 Å². The van der Waals surface area contributed by atoms with Crippen LogP contribution in [0.15, 0.2) is 40.9 Å². The average Bonchev–Trinajstić information content (AvgIpc) is 2.34. The predicted octanol–water partition coefficient (Wildman–Crippen LogP) is 4.37. The minimum Gasteiger partial charge on any atom is -0.326 e. The Morgan fingerprint density at radius 1 is 1.24 bits per heavy atom. The lowest BCUT2D eigenvalue weighted by atomic mass is 10.0. The molecule has 4 heteroatoms. The van der Waals surface area contributed by atoms with Crippen molar-refractivity contribution in [1.82, 2.24) is 0 Å². The van der Waals surface area contributed by atoms with E-state index in [0.29, 0.717) is 21.6 Å². The molecule has 0 saturated carbocycles. The van der Waals surface area contributed by atoms with Crippen LogP contribution in [-0.2, 0) is 6.54 Å². The largest absolute Gasteiger partial charge is 0.326 e. The SMILES string of the molecule is NCc1cc(-c2cccc(Br)c2F)ccc1Cl. The first kappa shape index (κ1) is 12.6. The molecule has 0 radical (unpaired) electrons. The summed E-state index contributed by atoms with van der Waals surface area (Å²) >= 11 is 9.14. The molecule has 17 heavy (non-hydrogen) atoms. The van der Waals surface area contributed by atoms with Gasteiger partial charge in [-0.1, -0.05) is 29.8 Å². The van der Waals surface area contributed by atoms with Crippen LogP contribution >= 0.6 is 27.5 Å². The molecule has 2 rings (SSSR count). The van der Waals surface area contributed by atoms with Gasteiger partial charge in [0, 0.05) is 17.1 Å². The van der Waals surface area contributed by atoms with Crippen LogP contribution in [-0.4, -0.2) is 0 Å². The van der Waals surface area contributed by atoms with Gasteiger partial charge in [-0.05, 0) is 45.3 Å². The second kappa shape index (κ2) is 5.17. The molecule has 88 valence electrons. The first-order valence-corrected chi connectivity index (χ1v) is 6.23. The maximum Gasteiger partial charge on any atom is 0.145 e. The van der Waals surface area contributed by atoms with Gasteiger partial charge in [0.1, 0.15) is 5.82 Å². The van der Waals surface area contributed by atoms with E-state index in [1.807, 2.05) is 6.07 Å². The average molecular weight is 315 g/mol. The number of hydrogen-bond acceptors (Lipinski definition) is 1. The van der Waals surface area contributed by atoms with Crippen LogP contribution in [0.2, 0.25) is 5.02 Å². The van der Waals surface area contributed by atoms with Crippen LogP contribution < -0.4 is 5.73 Å². The molecule has 0 heterocycles. The van der Waals surface area contributed by atoms with Gasteiger partial charge < -0.3 is 5.73 Å². The quantitative estimate of drug-likeness (QED) is 0.875. The molecule has 0 spiro atoms. The zero-order chi connectivity index (χ0) is 12.4. The molecule has 0 amide bonds. The third-order valence-electron chi connectivity index (χ3n) is 2.53. The van der Waals surface area contributed by atoms with Crippen molar-refractivity contribution in [3.63, 3.8) is 0 Å². The number of hydrogen-bond donors (Lipinski definition) is 1. The molecule has 0 aliphatic carbocycles. The molecule has 1 nitrogen and oxygen atoms in total. The molecule has 0 bridgehead atoms. The maximum absolute atomic E-state index is 13.9. The zero-order valence-corrected chi connectivity index (χ0v) is 11.2. The molecule has 0 aliphatic rings. The Labute approximate surface area is 113 Å². The predicted molar refractivity (Wildman–Crippen MR) is 72.4 cm³/mol. The van der Waals surface area contributed by atoms with Gasteiger partial charge in [-0.25, -0.2) is 4.39 Å². The number of halogens is 3. The van der Waals surface area contributed by atoms with Crippen LogP contribution in [0.1, 0.15) is 5.56 Å². The van der Waals surface area contributed by atoms with Gasteiger partial charge in [0.05, 0.1) is 4.47 Å². The van der Waals surface area contributed by atoms with Crippen LogP contribution in [0.3, 0.4) is 0 Å². The highest BCUT2D eigenvalue weighted by molar-refractivity contribution is 9.10. The highest BCUT2D eigenvalue weighted by atomic mass is 79.9. The van der Waals surface area contributed by atoms with Gasteiger partial charge in [0.15, 0.2) is 0 Å². The third-order valence-corrected chi connectivity index (χ3v) is 3.51. The lowest BCUT2D eigenvalue weighted by molar-refractivity contribution is 0.624. The van der Waals surface area contributed by atoms with E-state index in [9.17, 15) is 4.39 Å². The van der Waals surface area contributed by atoms with Crippen molar-refractivity contribution < 1.29 is 4.39 Å². The Morgan fingerprint density at radius 2 is 2.00 bits per heavy atom. The summed E-state index contributed by atoms with van der Waals surface area (Å²) in [5.41, 5.74) is 7.69. The molecular weight excluding hydrogens is 305 g/mol. The highest BCUT2D eigenvalue weighted by Crippen LogP contribution is 2.30. The Hall–Kier alpha value is -0.900. The molecule has 2 aromatic carbocycles. The van der Waals surface area contributed by atoms with E-state index in [1.165, 1.54) is 0 Å². The molecule has 2 aromatic rings. The van der Waals surface area contributed by atoms with Crippen molar-refractivity contribution >= 4 is 27.5 Å². The molecule has 0 fully saturated rings. The topological polar surface area (TPSA) is 26.0 Å². The Morgan fingerprint density at radius 3 is 2.71 bits per heavy atom. The summed E-state index contributed by atoms with van der Waals surface area (Å²) in [7, 11) is 0. The van der Waals surface area contributed by atoms with Crippen molar-refractivity contribution in [3.05, 3.63) is 57.3 Å². The van der Waals surface area contributed by atoms with E-state index in [4.69, 9.17) is 17.3 Å². The van der Waals surface area contributed by atoms with E-state index in [1.54, 1.807) is 30.3 Å². The Kier molecular flexibility index (Phi) is 3.82. The van der Waals surface area contributed by atoms with Crippen molar-refractivity contribution in [2.45, 2.75) is 6.54 Å². The van der Waals surface area contributed by atoms with Crippen molar-refractivity contribution in [2.75, 3.05) is 0 Å². The van der Waals surface area contributed by atoms with Gasteiger partial charge in [0.2, 0.25) is 0 Å². The van der Waals surface area contributed by atoms with Gasteiger partial charge in [-0.15, -0.1) is 0 Å². The van der Waals surface area contributed by atoms with E-state index in [2.05, 4.69) is 15.9 Å². The number of benzene rings is 2. The minimum atomic E-state index is -0.280. The second-order valence-electron chi connectivity index (χ2n) is 3.61. The van der Waals surface area contributed by atoms with E-state index < -0.39 is 0 Å². The lowest BCUT2D eigenvalue weighted by Crippen LogP contribution is -1.97. The fourth-order valence-corrected chi connectivity index (χ4v) is 2.19. The smallest absolute Gasteiger partial charge is 0.145 e. The molecule has 0 unspecified atom stereocenters. The summed E-state index contributed by atoms with van der Waals surface area (Å²) in [4.78, 5) is 0. The summed E-state index contributed by atoms with van der Waals surface area (Å²) < 4.78 is 14.4. The monoisotopic (exact) mass is 313 g/mol. The van der Waals surface area contributed by atoms with E-state index >= 15 is 0 Å². The fourth-order valence-electron chi connectivity index (χ4n) is 1.63. The number of rotatable bonds is 2. The Bertz CT molecular complexity index is 557. The molecule has 0 saturated heterocycles. The fraction of sp³-hybridized carbons (Fsp3) is 0.0769. The van der Waals surface area contributed by atoms with Gasteiger partial charge in [-0.2, -0.15) is 0 Å². The molecule has 0 aliphatic heterocycles. The van der Waals surface area contributed by atoms with Crippen LogP contribution in [0.5, 0.6) is 0 Å². The first-order chi connectivity index (χ1) is 8.13. The Balaban J connectivity index is 2.57. The summed E-state index contributed by atoms with van der Waals surface area (Å²) in [6.45, 7) is 0.336. The summed E-state index contributed by atoms with van der Waals surface area (Å²) in [6.07, 6.45) is 0. The van der Waals surface area contributed by atoms with Crippen LogP contribution in [0.4, 0.5) is 4.39 Å². The first-order valence-electron chi connectivity index (χ1n) is 5.06. The van der Waals surface area contributed by atoms with Crippen molar-refractivity contribution in [1.29, 1.82) is 0 Å².